The van der Waals surface area contributed by atoms with Crippen molar-refractivity contribution in [1.82, 2.24) is 10.1 Å². The molecule has 0 saturated carbocycles. The van der Waals surface area contributed by atoms with Crippen LogP contribution in [0.5, 0.6) is 0 Å². The topological polar surface area (TPSA) is 58.8 Å². The minimum absolute atomic E-state index is 0.243. The number of hydrogen-bond donors (Lipinski definition) is 0. The van der Waals surface area contributed by atoms with Crippen molar-refractivity contribution >= 4 is 11.9 Å². The Morgan fingerprint density at radius 3 is 2.69 bits per heavy atom. The molecule has 0 radical (unpaired) electrons. The average Bonchev–Trinajstić information content (AvgIpc) is 3.28. The molecule has 1 atom stereocenters. The van der Waals surface area contributed by atoms with Crippen LogP contribution in [0.15, 0.2) is 52.7 Å². The van der Waals surface area contributed by atoms with Crippen molar-refractivity contribution in [3.05, 3.63) is 48.2 Å². The number of carbonyl (C=O) groups excluding carboxylic acids is 1. The molecule has 1 unspecified atom stereocenters. The van der Waals surface area contributed by atoms with Gasteiger partial charge in [-0.1, -0.05) is 35.5 Å². The van der Waals surface area contributed by atoms with Crippen molar-refractivity contribution in [3.63, 3.8) is 0 Å². The molecule has 6 heteroatoms. The van der Waals surface area contributed by atoms with Crippen LogP contribution in [-0.2, 0) is 4.74 Å². The minimum atomic E-state index is -0.469. The smallest absolute Gasteiger partial charge is 0.410 e. The van der Waals surface area contributed by atoms with Crippen molar-refractivity contribution in [2.75, 3.05) is 24.5 Å². The Kier molecular flexibility index (Phi) is 3.98. The van der Waals surface area contributed by atoms with E-state index < -0.39 is 5.60 Å². The van der Waals surface area contributed by atoms with Crippen molar-refractivity contribution < 1.29 is 14.1 Å². The Labute approximate surface area is 153 Å². The molecule has 1 amide bonds. The number of benzene rings is 1. The highest BCUT2D eigenvalue weighted by molar-refractivity contribution is 5.70. The predicted molar refractivity (Wildman–Crippen MR) is 98.7 cm³/mol. The molecule has 1 aromatic heterocycles. The van der Waals surface area contributed by atoms with Gasteiger partial charge in [0.1, 0.15) is 5.60 Å². The van der Waals surface area contributed by atoms with E-state index in [9.17, 15) is 4.79 Å². The lowest BCUT2D eigenvalue weighted by molar-refractivity contribution is 0.0291. The largest absolute Gasteiger partial charge is 0.444 e. The van der Waals surface area contributed by atoms with Crippen molar-refractivity contribution in [2.45, 2.75) is 26.4 Å². The molecule has 1 fully saturated rings. The highest BCUT2D eigenvalue weighted by Gasteiger charge is 2.38. The van der Waals surface area contributed by atoms with Crippen LogP contribution < -0.4 is 4.90 Å². The SMILES string of the molecule is CC(C)(C)OC(=O)N1CC2=CN(c3cc(-c4ccccc4)on3)CC2C1. The maximum absolute atomic E-state index is 12.2. The van der Waals surface area contributed by atoms with Crippen LogP contribution in [0.3, 0.4) is 0 Å². The van der Waals surface area contributed by atoms with Crippen LogP contribution in [-0.4, -0.2) is 41.4 Å². The van der Waals surface area contributed by atoms with Crippen LogP contribution >= 0.6 is 0 Å². The van der Waals surface area contributed by atoms with E-state index in [4.69, 9.17) is 9.26 Å². The van der Waals surface area contributed by atoms with E-state index in [0.717, 1.165) is 23.7 Å². The minimum Gasteiger partial charge on any atom is -0.444 e. The second-order valence-corrected chi connectivity index (χ2v) is 7.83. The molecule has 6 nitrogen and oxygen atoms in total. The fourth-order valence-corrected chi connectivity index (χ4v) is 3.37. The lowest BCUT2D eigenvalue weighted by Crippen LogP contribution is -2.36. The summed E-state index contributed by atoms with van der Waals surface area (Å²) in [6.45, 7) is 7.75. The molecule has 3 heterocycles. The monoisotopic (exact) mass is 353 g/mol. The maximum atomic E-state index is 12.2. The standard InChI is InChI=1S/C20H23N3O3/c1-20(2,3)25-19(24)23-12-15-10-22(11-16(15)13-23)18-9-17(26-21-18)14-7-5-4-6-8-14/h4-10,16H,11-13H2,1-3H3. The maximum Gasteiger partial charge on any atom is 0.410 e. The number of rotatable bonds is 2. The van der Waals surface area contributed by atoms with Crippen molar-refractivity contribution in [3.8, 4) is 11.3 Å². The Morgan fingerprint density at radius 2 is 2.00 bits per heavy atom. The molecule has 1 saturated heterocycles. The summed E-state index contributed by atoms with van der Waals surface area (Å²) in [7, 11) is 0. The number of ether oxygens (including phenoxy) is 1. The van der Waals surface area contributed by atoms with E-state index in [0.29, 0.717) is 19.0 Å². The zero-order valence-electron chi connectivity index (χ0n) is 15.3. The van der Waals surface area contributed by atoms with Gasteiger partial charge >= 0.3 is 6.09 Å². The second kappa shape index (κ2) is 6.20. The van der Waals surface area contributed by atoms with Crippen molar-refractivity contribution in [1.29, 1.82) is 0 Å². The molecule has 0 N–H and O–H groups in total. The van der Waals surface area contributed by atoms with Gasteiger partial charge < -0.3 is 19.1 Å². The first-order valence-corrected chi connectivity index (χ1v) is 8.86. The molecule has 136 valence electrons. The van der Waals surface area contributed by atoms with Gasteiger partial charge in [-0.2, -0.15) is 0 Å². The van der Waals surface area contributed by atoms with E-state index in [1.54, 1.807) is 4.90 Å². The first kappa shape index (κ1) is 16.7. The van der Waals surface area contributed by atoms with Crippen LogP contribution in [0, 0.1) is 5.92 Å². The van der Waals surface area contributed by atoms with E-state index >= 15 is 0 Å². The van der Waals surface area contributed by atoms with Crippen molar-refractivity contribution in [2.24, 2.45) is 5.92 Å². The molecule has 0 aliphatic carbocycles. The lowest BCUT2D eigenvalue weighted by atomic mass is 10.1. The molecule has 1 aromatic carbocycles. The predicted octanol–water partition coefficient (Wildman–Crippen LogP) is 3.91. The number of nitrogens with zero attached hydrogens (tertiary/aromatic N) is 3. The Bertz CT molecular complexity index is 835. The lowest BCUT2D eigenvalue weighted by Gasteiger charge is -2.25. The molecule has 0 spiro atoms. The number of carbonyl (C=O) groups is 1. The van der Waals surface area contributed by atoms with Gasteiger partial charge in [0.2, 0.25) is 0 Å². The van der Waals surface area contributed by atoms with Gasteiger partial charge in [0.05, 0.1) is 0 Å². The summed E-state index contributed by atoms with van der Waals surface area (Å²) in [6, 6.07) is 11.9. The summed E-state index contributed by atoms with van der Waals surface area (Å²) in [4.78, 5) is 16.1. The van der Waals surface area contributed by atoms with Crippen LogP contribution in [0.25, 0.3) is 11.3 Å². The molecular weight excluding hydrogens is 330 g/mol. The summed E-state index contributed by atoms with van der Waals surface area (Å²) in [5, 5.41) is 4.21. The molecular formula is C20H23N3O3. The number of aromatic nitrogens is 1. The van der Waals surface area contributed by atoms with Gasteiger partial charge in [-0.15, -0.1) is 0 Å². The third-order valence-corrected chi connectivity index (χ3v) is 4.58. The van der Waals surface area contributed by atoms with E-state index in [2.05, 4.69) is 16.3 Å². The van der Waals surface area contributed by atoms with Gasteiger partial charge in [0.25, 0.3) is 0 Å². The summed E-state index contributed by atoms with van der Waals surface area (Å²) in [5.41, 5.74) is 1.78. The normalized spacial score (nSPS) is 19.5. The van der Waals surface area contributed by atoms with Crippen LogP contribution in [0.1, 0.15) is 20.8 Å². The zero-order chi connectivity index (χ0) is 18.3. The van der Waals surface area contributed by atoms with Gasteiger partial charge in [0.15, 0.2) is 11.6 Å². The summed E-state index contributed by atoms with van der Waals surface area (Å²) in [5.74, 6) is 1.88. The Hall–Kier alpha value is -2.76. The third kappa shape index (κ3) is 3.31. The first-order valence-electron chi connectivity index (χ1n) is 8.86. The molecule has 26 heavy (non-hydrogen) atoms. The molecule has 4 rings (SSSR count). The Balaban J connectivity index is 1.44. The fourth-order valence-electron chi connectivity index (χ4n) is 3.37. The van der Waals surface area contributed by atoms with Crippen LogP contribution in [0.2, 0.25) is 0 Å². The summed E-state index contributed by atoms with van der Waals surface area (Å²) < 4.78 is 11.0. The first-order chi connectivity index (χ1) is 12.4. The average molecular weight is 353 g/mol. The van der Waals surface area contributed by atoms with E-state index in [1.807, 2.05) is 57.2 Å². The second-order valence-electron chi connectivity index (χ2n) is 7.83. The van der Waals surface area contributed by atoms with E-state index in [1.165, 1.54) is 5.57 Å². The number of amides is 1. The molecule has 0 bridgehead atoms. The highest BCUT2D eigenvalue weighted by atomic mass is 16.6. The number of hydrogen-bond acceptors (Lipinski definition) is 5. The van der Waals surface area contributed by atoms with Gasteiger partial charge in [-0.25, -0.2) is 4.79 Å². The quantitative estimate of drug-likeness (QED) is 0.819. The van der Waals surface area contributed by atoms with Gasteiger partial charge in [-0.05, 0) is 26.3 Å². The molecule has 2 aliphatic rings. The van der Waals surface area contributed by atoms with Crippen LogP contribution in [0.4, 0.5) is 10.6 Å². The zero-order valence-corrected chi connectivity index (χ0v) is 15.3. The summed E-state index contributed by atoms with van der Waals surface area (Å²) in [6.07, 6.45) is 1.84. The highest BCUT2D eigenvalue weighted by Crippen LogP contribution is 2.34. The van der Waals surface area contributed by atoms with Gasteiger partial charge in [-0.3, -0.25) is 0 Å². The Morgan fingerprint density at radius 1 is 1.23 bits per heavy atom. The summed E-state index contributed by atoms with van der Waals surface area (Å²) >= 11 is 0. The third-order valence-electron chi connectivity index (χ3n) is 4.58. The number of anilines is 1. The molecule has 2 aliphatic heterocycles. The van der Waals surface area contributed by atoms with Gasteiger partial charge in [0, 0.05) is 43.4 Å². The number of fused-ring (bicyclic) bond motifs is 1. The fraction of sp³-hybridized carbons (Fsp3) is 0.400. The molecule has 2 aromatic rings. The number of likely N-dealkylation sites (tertiary alicyclic amines) is 1. The van der Waals surface area contributed by atoms with E-state index in [-0.39, 0.29) is 6.09 Å².